The summed E-state index contributed by atoms with van der Waals surface area (Å²) in [6.07, 6.45) is 8.93. The lowest BCUT2D eigenvalue weighted by atomic mass is 10.1. The Labute approximate surface area is 102 Å². The molecule has 2 aromatic heterocycles. The molecule has 0 atom stereocenters. The summed E-state index contributed by atoms with van der Waals surface area (Å²) in [5.74, 6) is 0.671. The highest BCUT2D eigenvalue weighted by atomic mass is 14.8. The Bertz CT molecular complexity index is 428. The Morgan fingerprint density at radius 2 is 1.94 bits per heavy atom. The number of hydrogen-bond donors (Lipinski definition) is 1. The van der Waals surface area contributed by atoms with Crippen LogP contribution in [0.25, 0.3) is 0 Å². The summed E-state index contributed by atoms with van der Waals surface area (Å²) >= 11 is 0. The van der Waals surface area contributed by atoms with E-state index in [1.165, 1.54) is 6.33 Å². The molecule has 0 saturated carbocycles. The molecule has 17 heavy (non-hydrogen) atoms. The zero-order valence-electron chi connectivity index (χ0n) is 10.3. The number of hydrogen-bond acceptors (Lipinski definition) is 4. The van der Waals surface area contributed by atoms with E-state index in [1.54, 1.807) is 18.6 Å². The van der Waals surface area contributed by atoms with Crippen molar-refractivity contribution in [2.45, 2.75) is 26.7 Å². The lowest BCUT2D eigenvalue weighted by Gasteiger charge is -1.99. The van der Waals surface area contributed by atoms with E-state index in [2.05, 4.69) is 21.9 Å². The number of aromatic nitrogens is 3. The lowest BCUT2D eigenvalue weighted by Crippen LogP contribution is -1.95. The summed E-state index contributed by atoms with van der Waals surface area (Å²) in [6.45, 7) is 4.09. The van der Waals surface area contributed by atoms with Gasteiger partial charge < -0.3 is 5.73 Å². The van der Waals surface area contributed by atoms with E-state index < -0.39 is 0 Å². The van der Waals surface area contributed by atoms with Crippen LogP contribution < -0.4 is 5.73 Å². The van der Waals surface area contributed by atoms with E-state index in [4.69, 9.17) is 5.73 Å². The maximum absolute atomic E-state index is 5.60. The third-order valence-corrected chi connectivity index (χ3v) is 2.14. The Hall–Kier alpha value is -1.97. The molecule has 0 aliphatic heterocycles. The van der Waals surface area contributed by atoms with Crippen LogP contribution in [-0.2, 0) is 6.42 Å². The van der Waals surface area contributed by atoms with Crippen LogP contribution in [0.3, 0.4) is 0 Å². The SMILES string of the molecule is CCCc1cccnc1N.Cc1cncnc1. The molecule has 2 aromatic rings. The molecule has 0 fully saturated rings. The molecule has 0 bridgehead atoms. The number of pyridine rings is 1. The molecule has 0 aliphatic carbocycles. The summed E-state index contributed by atoms with van der Waals surface area (Å²) in [5.41, 5.74) is 7.85. The van der Waals surface area contributed by atoms with Crippen molar-refractivity contribution in [3.8, 4) is 0 Å². The van der Waals surface area contributed by atoms with Gasteiger partial charge in [-0.25, -0.2) is 15.0 Å². The molecule has 4 heteroatoms. The topological polar surface area (TPSA) is 64.7 Å². The van der Waals surface area contributed by atoms with E-state index >= 15 is 0 Å². The second-order valence-corrected chi connectivity index (χ2v) is 3.71. The van der Waals surface area contributed by atoms with Gasteiger partial charge in [0.15, 0.2) is 0 Å². The van der Waals surface area contributed by atoms with Gasteiger partial charge in [-0.1, -0.05) is 19.4 Å². The number of nitrogens with zero attached hydrogens (tertiary/aromatic N) is 3. The summed E-state index contributed by atoms with van der Waals surface area (Å²) in [7, 11) is 0. The first-order chi connectivity index (χ1) is 8.24. The van der Waals surface area contributed by atoms with Crippen molar-refractivity contribution < 1.29 is 0 Å². The number of anilines is 1. The average molecular weight is 230 g/mol. The summed E-state index contributed by atoms with van der Waals surface area (Å²) in [4.78, 5) is 11.5. The fraction of sp³-hybridized carbons (Fsp3) is 0.308. The molecular formula is C13H18N4. The molecule has 0 saturated heterocycles. The molecule has 2 rings (SSSR count). The molecular weight excluding hydrogens is 212 g/mol. The minimum atomic E-state index is 0.671. The average Bonchev–Trinajstić information content (AvgIpc) is 2.34. The van der Waals surface area contributed by atoms with Gasteiger partial charge in [-0.15, -0.1) is 0 Å². The zero-order valence-corrected chi connectivity index (χ0v) is 10.3. The Morgan fingerprint density at radius 3 is 2.41 bits per heavy atom. The molecule has 2 heterocycles. The Balaban J connectivity index is 0.000000181. The monoisotopic (exact) mass is 230 g/mol. The van der Waals surface area contributed by atoms with Crippen LogP contribution in [0.5, 0.6) is 0 Å². The molecule has 0 amide bonds. The largest absolute Gasteiger partial charge is 0.383 e. The summed E-state index contributed by atoms with van der Waals surface area (Å²) in [6, 6.07) is 3.94. The van der Waals surface area contributed by atoms with Crippen molar-refractivity contribution in [3.63, 3.8) is 0 Å². The van der Waals surface area contributed by atoms with E-state index in [-0.39, 0.29) is 0 Å². The fourth-order valence-corrected chi connectivity index (χ4v) is 1.31. The minimum Gasteiger partial charge on any atom is -0.383 e. The van der Waals surface area contributed by atoms with Gasteiger partial charge in [0.25, 0.3) is 0 Å². The van der Waals surface area contributed by atoms with Crippen LogP contribution in [0, 0.1) is 6.92 Å². The number of nitrogen functional groups attached to an aromatic ring is 1. The van der Waals surface area contributed by atoms with Crippen molar-refractivity contribution in [2.75, 3.05) is 5.73 Å². The van der Waals surface area contributed by atoms with Crippen molar-refractivity contribution in [1.82, 2.24) is 15.0 Å². The van der Waals surface area contributed by atoms with Crippen LogP contribution in [0.4, 0.5) is 5.82 Å². The van der Waals surface area contributed by atoms with Gasteiger partial charge in [-0.05, 0) is 30.5 Å². The molecule has 0 spiro atoms. The van der Waals surface area contributed by atoms with Crippen LogP contribution in [0.15, 0.2) is 37.1 Å². The number of rotatable bonds is 2. The molecule has 4 nitrogen and oxygen atoms in total. The molecule has 2 N–H and O–H groups in total. The van der Waals surface area contributed by atoms with Gasteiger partial charge in [-0.3, -0.25) is 0 Å². The molecule has 0 radical (unpaired) electrons. The van der Waals surface area contributed by atoms with E-state index in [9.17, 15) is 0 Å². The van der Waals surface area contributed by atoms with Gasteiger partial charge >= 0.3 is 0 Å². The second-order valence-electron chi connectivity index (χ2n) is 3.71. The molecule has 0 unspecified atom stereocenters. The van der Waals surface area contributed by atoms with Gasteiger partial charge in [0.05, 0.1) is 0 Å². The van der Waals surface area contributed by atoms with Gasteiger partial charge in [0, 0.05) is 18.6 Å². The van der Waals surface area contributed by atoms with Crippen molar-refractivity contribution in [3.05, 3.63) is 48.2 Å². The number of nitrogens with two attached hydrogens (primary N) is 1. The first-order valence-electron chi connectivity index (χ1n) is 5.65. The molecule has 90 valence electrons. The standard InChI is InChI=1S/C8H12N2.C5H6N2/c1-2-4-7-5-3-6-10-8(7)9;1-5-2-6-4-7-3-5/h3,5-6H,2,4H2,1H3,(H2,9,10);2-4H,1H3. The third-order valence-electron chi connectivity index (χ3n) is 2.14. The Kier molecular flexibility index (Phi) is 5.64. The van der Waals surface area contributed by atoms with E-state index in [0.29, 0.717) is 5.82 Å². The van der Waals surface area contributed by atoms with Crippen LogP contribution in [0.2, 0.25) is 0 Å². The summed E-state index contributed by atoms with van der Waals surface area (Å²) in [5, 5.41) is 0. The van der Waals surface area contributed by atoms with Crippen LogP contribution >= 0.6 is 0 Å². The van der Waals surface area contributed by atoms with Gasteiger partial charge in [0.1, 0.15) is 12.1 Å². The van der Waals surface area contributed by atoms with Crippen LogP contribution in [0.1, 0.15) is 24.5 Å². The maximum atomic E-state index is 5.60. The quantitative estimate of drug-likeness (QED) is 0.860. The predicted octanol–water partition coefficient (Wildman–Crippen LogP) is 2.40. The first-order valence-corrected chi connectivity index (χ1v) is 5.65. The third kappa shape index (κ3) is 5.06. The molecule has 0 aromatic carbocycles. The minimum absolute atomic E-state index is 0.671. The zero-order chi connectivity index (χ0) is 12.5. The van der Waals surface area contributed by atoms with Gasteiger partial charge in [-0.2, -0.15) is 0 Å². The van der Waals surface area contributed by atoms with Crippen molar-refractivity contribution in [1.29, 1.82) is 0 Å². The highest BCUT2D eigenvalue weighted by Crippen LogP contribution is 2.08. The lowest BCUT2D eigenvalue weighted by molar-refractivity contribution is 0.918. The second kappa shape index (κ2) is 7.33. The molecule has 0 aliphatic rings. The first kappa shape index (κ1) is 13.1. The fourth-order valence-electron chi connectivity index (χ4n) is 1.31. The van der Waals surface area contributed by atoms with E-state index in [0.717, 1.165) is 24.0 Å². The summed E-state index contributed by atoms with van der Waals surface area (Å²) < 4.78 is 0. The highest BCUT2D eigenvalue weighted by molar-refractivity contribution is 5.38. The van der Waals surface area contributed by atoms with E-state index in [1.807, 2.05) is 19.1 Å². The Morgan fingerprint density at radius 1 is 1.24 bits per heavy atom. The number of aryl methyl sites for hydroxylation is 2. The van der Waals surface area contributed by atoms with Crippen molar-refractivity contribution in [2.24, 2.45) is 0 Å². The smallest absolute Gasteiger partial charge is 0.126 e. The normalized spacial score (nSPS) is 9.29. The van der Waals surface area contributed by atoms with Gasteiger partial charge in [0.2, 0.25) is 0 Å². The van der Waals surface area contributed by atoms with Crippen LogP contribution in [-0.4, -0.2) is 15.0 Å². The van der Waals surface area contributed by atoms with Crippen molar-refractivity contribution >= 4 is 5.82 Å². The highest BCUT2D eigenvalue weighted by Gasteiger charge is 1.94. The maximum Gasteiger partial charge on any atom is 0.126 e. The predicted molar refractivity (Wildman–Crippen MR) is 69.4 cm³/mol.